The lowest BCUT2D eigenvalue weighted by atomic mass is 10.5. The molecule has 0 aliphatic heterocycles. The first-order valence-electron chi connectivity index (χ1n) is 5.08. The zero-order valence-corrected chi connectivity index (χ0v) is 8.82. The quantitative estimate of drug-likeness (QED) is 0.570. The lowest BCUT2D eigenvalue weighted by molar-refractivity contribution is -0.120. The van der Waals surface area contributed by atoms with E-state index in [4.69, 9.17) is 12.2 Å². The van der Waals surface area contributed by atoms with E-state index in [9.17, 15) is 4.79 Å². The molecule has 0 radical (unpaired) electrons. The number of carbonyl (C=O) groups is 1. The third-order valence-electron chi connectivity index (χ3n) is 2.26. The van der Waals surface area contributed by atoms with Crippen LogP contribution in [0.25, 0.3) is 0 Å². The first-order chi connectivity index (χ1) is 6.74. The summed E-state index contributed by atoms with van der Waals surface area (Å²) in [6, 6.07) is 0.968. The van der Waals surface area contributed by atoms with Crippen LogP contribution in [-0.4, -0.2) is 29.6 Å². The van der Waals surface area contributed by atoms with Gasteiger partial charge in [0.15, 0.2) is 5.11 Å². The van der Waals surface area contributed by atoms with Gasteiger partial charge < -0.3 is 16.0 Å². The van der Waals surface area contributed by atoms with Crippen molar-refractivity contribution in [1.29, 1.82) is 0 Å². The van der Waals surface area contributed by atoms with E-state index >= 15 is 0 Å². The van der Waals surface area contributed by atoms with Gasteiger partial charge in [0.05, 0.1) is 6.54 Å². The van der Waals surface area contributed by atoms with Crippen LogP contribution in [0.4, 0.5) is 0 Å². The predicted molar refractivity (Wildman–Crippen MR) is 57.9 cm³/mol. The first kappa shape index (κ1) is 9.71. The average Bonchev–Trinajstić information content (AvgIpc) is 2.96. The molecule has 14 heavy (non-hydrogen) atoms. The van der Waals surface area contributed by atoms with Crippen molar-refractivity contribution < 1.29 is 4.79 Å². The topological polar surface area (TPSA) is 53.2 Å². The Morgan fingerprint density at radius 1 is 1.14 bits per heavy atom. The monoisotopic (exact) mass is 213 g/mol. The molecule has 0 aromatic heterocycles. The van der Waals surface area contributed by atoms with Crippen LogP contribution >= 0.6 is 12.2 Å². The first-order valence-corrected chi connectivity index (χ1v) is 5.48. The molecule has 0 spiro atoms. The lowest BCUT2D eigenvalue weighted by Gasteiger charge is -2.09. The van der Waals surface area contributed by atoms with Gasteiger partial charge in [-0.1, -0.05) is 0 Å². The smallest absolute Gasteiger partial charge is 0.239 e. The van der Waals surface area contributed by atoms with E-state index in [1.54, 1.807) is 0 Å². The maximum Gasteiger partial charge on any atom is 0.239 e. The highest BCUT2D eigenvalue weighted by molar-refractivity contribution is 7.80. The fraction of sp³-hybridized carbons (Fsp3) is 0.778. The highest BCUT2D eigenvalue weighted by Crippen LogP contribution is 2.18. The van der Waals surface area contributed by atoms with Crippen molar-refractivity contribution in [3.8, 4) is 0 Å². The molecule has 0 bridgehead atoms. The normalized spacial score (nSPS) is 20.0. The highest BCUT2D eigenvalue weighted by atomic mass is 32.1. The summed E-state index contributed by atoms with van der Waals surface area (Å²) < 4.78 is 0. The largest absolute Gasteiger partial charge is 0.360 e. The maximum atomic E-state index is 11.2. The number of hydrogen-bond acceptors (Lipinski definition) is 2. The lowest BCUT2D eigenvalue weighted by Crippen LogP contribution is -2.43. The Labute approximate surface area is 88.8 Å². The van der Waals surface area contributed by atoms with Gasteiger partial charge in [-0.15, -0.1) is 0 Å². The van der Waals surface area contributed by atoms with E-state index in [0.29, 0.717) is 17.2 Å². The zero-order chi connectivity index (χ0) is 9.97. The van der Waals surface area contributed by atoms with E-state index in [2.05, 4.69) is 16.0 Å². The van der Waals surface area contributed by atoms with Gasteiger partial charge >= 0.3 is 0 Å². The second-order valence-corrected chi connectivity index (χ2v) is 4.35. The van der Waals surface area contributed by atoms with E-state index in [-0.39, 0.29) is 12.5 Å². The van der Waals surface area contributed by atoms with Crippen molar-refractivity contribution in [3.05, 3.63) is 0 Å². The van der Waals surface area contributed by atoms with Gasteiger partial charge in [0.25, 0.3) is 0 Å². The molecular formula is C9H15N3OS. The molecule has 0 unspecified atom stereocenters. The molecule has 2 rings (SSSR count). The molecule has 2 saturated carbocycles. The Kier molecular flexibility index (Phi) is 2.86. The molecule has 0 saturated heterocycles. The van der Waals surface area contributed by atoms with Crippen LogP contribution in [0.2, 0.25) is 0 Å². The Morgan fingerprint density at radius 3 is 2.29 bits per heavy atom. The van der Waals surface area contributed by atoms with Crippen molar-refractivity contribution in [2.75, 3.05) is 6.54 Å². The minimum absolute atomic E-state index is 0.0347. The number of hydrogen-bond donors (Lipinski definition) is 3. The number of carbonyl (C=O) groups excluding carboxylic acids is 1. The van der Waals surface area contributed by atoms with Gasteiger partial charge in [-0.3, -0.25) is 4.79 Å². The van der Waals surface area contributed by atoms with Gasteiger partial charge in [-0.05, 0) is 37.9 Å². The molecule has 0 aromatic carbocycles. The molecule has 0 aromatic rings. The van der Waals surface area contributed by atoms with Crippen LogP contribution in [0.5, 0.6) is 0 Å². The van der Waals surface area contributed by atoms with Gasteiger partial charge in [0, 0.05) is 12.1 Å². The molecular weight excluding hydrogens is 198 g/mol. The summed E-state index contributed by atoms with van der Waals surface area (Å²) >= 11 is 5.02. The van der Waals surface area contributed by atoms with Crippen molar-refractivity contribution in [2.45, 2.75) is 37.8 Å². The fourth-order valence-electron chi connectivity index (χ4n) is 1.13. The number of amides is 1. The van der Waals surface area contributed by atoms with Crippen LogP contribution in [0, 0.1) is 0 Å². The van der Waals surface area contributed by atoms with Crippen LogP contribution in [0.1, 0.15) is 25.7 Å². The predicted octanol–water partition coefficient (Wildman–Crippen LogP) is -0.109. The van der Waals surface area contributed by atoms with E-state index in [1.807, 2.05) is 0 Å². The summed E-state index contributed by atoms with van der Waals surface area (Å²) in [5.41, 5.74) is 0. The second-order valence-electron chi connectivity index (χ2n) is 3.94. The van der Waals surface area contributed by atoms with Gasteiger partial charge in [-0.25, -0.2) is 0 Å². The number of rotatable bonds is 4. The SMILES string of the molecule is O=C(CNC(=S)NC1CC1)NC1CC1. The molecule has 0 atom stereocenters. The molecule has 2 aliphatic rings. The van der Waals surface area contributed by atoms with E-state index in [0.717, 1.165) is 12.8 Å². The number of nitrogens with one attached hydrogen (secondary N) is 3. The van der Waals surface area contributed by atoms with Crippen LogP contribution in [-0.2, 0) is 4.79 Å². The third-order valence-corrected chi connectivity index (χ3v) is 2.53. The van der Waals surface area contributed by atoms with Crippen molar-refractivity contribution >= 4 is 23.2 Å². The van der Waals surface area contributed by atoms with Crippen molar-refractivity contribution in [3.63, 3.8) is 0 Å². The summed E-state index contributed by atoms with van der Waals surface area (Å²) in [6.45, 7) is 0.287. The minimum Gasteiger partial charge on any atom is -0.360 e. The summed E-state index contributed by atoms with van der Waals surface area (Å²) in [5, 5.41) is 9.50. The van der Waals surface area contributed by atoms with Crippen molar-refractivity contribution in [2.24, 2.45) is 0 Å². The molecule has 4 nitrogen and oxygen atoms in total. The van der Waals surface area contributed by atoms with Crippen LogP contribution in [0.3, 0.4) is 0 Å². The van der Waals surface area contributed by atoms with Gasteiger partial charge in [0.2, 0.25) is 5.91 Å². The summed E-state index contributed by atoms with van der Waals surface area (Å²) in [7, 11) is 0. The summed E-state index contributed by atoms with van der Waals surface area (Å²) in [4.78, 5) is 11.2. The summed E-state index contributed by atoms with van der Waals surface area (Å²) in [6.07, 6.45) is 4.62. The Balaban J connectivity index is 1.55. The van der Waals surface area contributed by atoms with Gasteiger partial charge in [-0.2, -0.15) is 0 Å². The van der Waals surface area contributed by atoms with E-state index < -0.39 is 0 Å². The maximum absolute atomic E-state index is 11.2. The Morgan fingerprint density at radius 2 is 1.71 bits per heavy atom. The average molecular weight is 213 g/mol. The highest BCUT2D eigenvalue weighted by Gasteiger charge is 2.24. The second kappa shape index (κ2) is 4.13. The number of thiocarbonyl (C=S) groups is 1. The van der Waals surface area contributed by atoms with Gasteiger partial charge in [0.1, 0.15) is 0 Å². The molecule has 3 N–H and O–H groups in total. The molecule has 5 heteroatoms. The molecule has 2 aliphatic carbocycles. The van der Waals surface area contributed by atoms with Crippen LogP contribution < -0.4 is 16.0 Å². The molecule has 0 heterocycles. The molecule has 1 amide bonds. The third kappa shape index (κ3) is 3.49. The van der Waals surface area contributed by atoms with Crippen LogP contribution in [0.15, 0.2) is 0 Å². The van der Waals surface area contributed by atoms with Crippen molar-refractivity contribution in [1.82, 2.24) is 16.0 Å². The standard InChI is InChI=1S/C9H15N3OS/c13-8(11-6-1-2-6)5-10-9(14)12-7-3-4-7/h6-7H,1-5H2,(H,11,13)(H2,10,12,14). The summed E-state index contributed by atoms with van der Waals surface area (Å²) in [5.74, 6) is 0.0347. The Hall–Kier alpha value is -0.840. The molecule has 78 valence electrons. The fourth-order valence-corrected chi connectivity index (χ4v) is 1.37. The Bertz CT molecular complexity index is 222. The van der Waals surface area contributed by atoms with E-state index in [1.165, 1.54) is 12.8 Å². The minimum atomic E-state index is 0.0347. The molecule has 2 fully saturated rings. The zero-order valence-electron chi connectivity index (χ0n) is 8.01.